The van der Waals surface area contributed by atoms with Gasteiger partial charge >= 0.3 is 5.97 Å². The number of aromatic nitrogens is 1. The lowest BCUT2D eigenvalue weighted by Crippen LogP contribution is -2.34. The molecule has 0 fully saturated rings. The van der Waals surface area contributed by atoms with Crippen molar-refractivity contribution in [1.29, 1.82) is 5.41 Å². The van der Waals surface area contributed by atoms with E-state index in [1.54, 1.807) is 32.0 Å². The molecular formula is C28H29F2N5O6. The fourth-order valence-electron chi connectivity index (χ4n) is 3.99. The largest absolute Gasteiger partial charge is 0.504 e. The minimum absolute atomic E-state index is 0.124. The zero-order valence-corrected chi connectivity index (χ0v) is 22.5. The predicted octanol–water partition coefficient (Wildman–Crippen LogP) is 4.50. The molecule has 3 aromatic rings. The third-order valence-corrected chi connectivity index (χ3v) is 6.47. The molecule has 13 heteroatoms. The number of phenolic OH excluding ortho intramolecular Hbond substituents is 1. The lowest BCUT2D eigenvalue weighted by molar-refractivity contribution is -0.147. The number of hydrogen-bond acceptors (Lipinski definition) is 9. The van der Waals surface area contributed by atoms with E-state index in [-0.39, 0.29) is 22.9 Å². The Morgan fingerprint density at radius 3 is 2.49 bits per heavy atom. The van der Waals surface area contributed by atoms with Crippen LogP contribution in [-0.4, -0.2) is 64.0 Å². The van der Waals surface area contributed by atoms with E-state index >= 15 is 8.78 Å². The fourth-order valence-corrected chi connectivity index (χ4v) is 3.99. The van der Waals surface area contributed by atoms with Crippen molar-refractivity contribution in [2.75, 3.05) is 20.1 Å². The molecule has 1 aliphatic rings. The maximum absolute atomic E-state index is 15.7. The van der Waals surface area contributed by atoms with E-state index in [1.807, 2.05) is 11.9 Å². The van der Waals surface area contributed by atoms with Crippen LogP contribution in [0.4, 0.5) is 8.78 Å². The highest BCUT2D eigenvalue weighted by Crippen LogP contribution is 2.40. The van der Waals surface area contributed by atoms with Crippen molar-refractivity contribution < 1.29 is 38.0 Å². The van der Waals surface area contributed by atoms with Crippen molar-refractivity contribution >= 4 is 17.6 Å². The summed E-state index contributed by atoms with van der Waals surface area (Å²) in [6, 6.07) is 10.2. The number of nitrogen functional groups attached to an aromatic ring is 1. The van der Waals surface area contributed by atoms with E-state index < -0.39 is 52.9 Å². The Labute approximate surface area is 234 Å². The number of carboxylic acids is 1. The number of nitrogens with one attached hydrogen (secondary N) is 1. The molecule has 0 aliphatic carbocycles. The number of phenols is 1. The van der Waals surface area contributed by atoms with Gasteiger partial charge in [0.05, 0.1) is 6.54 Å². The van der Waals surface area contributed by atoms with Gasteiger partial charge in [0, 0.05) is 30.6 Å². The van der Waals surface area contributed by atoms with Crippen LogP contribution >= 0.6 is 0 Å². The average molecular weight is 570 g/mol. The lowest BCUT2D eigenvalue weighted by Gasteiger charge is -2.22. The number of rotatable bonds is 11. The number of nitrogens with two attached hydrogens (primary N) is 1. The van der Waals surface area contributed by atoms with Crippen LogP contribution in [0, 0.1) is 23.0 Å². The molecule has 5 N–H and O–H groups in total. The molecule has 0 saturated carbocycles. The Balaban J connectivity index is 1.80. The van der Waals surface area contributed by atoms with Crippen LogP contribution in [0.15, 0.2) is 47.5 Å². The third-order valence-electron chi connectivity index (χ3n) is 6.47. The summed E-state index contributed by atoms with van der Waals surface area (Å²) in [5.41, 5.74) is 6.33. The highest BCUT2D eigenvalue weighted by Gasteiger charge is 2.32. The summed E-state index contributed by atoms with van der Waals surface area (Å²) in [5.74, 6) is -7.99. The fraction of sp³-hybridized carbons (Fsp3) is 0.286. The maximum atomic E-state index is 15.7. The van der Waals surface area contributed by atoms with Crippen molar-refractivity contribution in [1.82, 2.24) is 9.88 Å². The standard InChI is InChI=1S/C28H29F2N5O6/c1-4-14(2)22(28(37)38)41-23-20(29)26(39-17-7-5-6-16(12-17)25-33-10-11-35(25)3)34-27(21(23)30)40-19-13-15(24(31)32)8-9-18(19)36/h5-9,12-14,22,36H,4,10-11H2,1-3H3,(H3,31,32)(H,37,38). The second-order valence-corrected chi connectivity index (χ2v) is 9.40. The Morgan fingerprint density at radius 1 is 1.17 bits per heavy atom. The number of pyridine rings is 1. The summed E-state index contributed by atoms with van der Waals surface area (Å²) in [6.07, 6.45) is -1.27. The van der Waals surface area contributed by atoms with Gasteiger partial charge in [-0.1, -0.05) is 26.0 Å². The molecule has 2 heterocycles. The molecule has 1 aliphatic heterocycles. The molecule has 0 saturated heterocycles. The van der Waals surface area contributed by atoms with Gasteiger partial charge in [-0.15, -0.1) is 0 Å². The van der Waals surface area contributed by atoms with Crippen LogP contribution < -0.4 is 19.9 Å². The summed E-state index contributed by atoms with van der Waals surface area (Å²) in [5, 5.41) is 27.5. The summed E-state index contributed by atoms with van der Waals surface area (Å²) >= 11 is 0. The van der Waals surface area contributed by atoms with Gasteiger partial charge in [-0.05, 0) is 36.8 Å². The Bertz CT molecular complexity index is 1520. The molecule has 41 heavy (non-hydrogen) atoms. The zero-order valence-electron chi connectivity index (χ0n) is 22.5. The molecule has 0 bridgehead atoms. The molecule has 11 nitrogen and oxygen atoms in total. The van der Waals surface area contributed by atoms with E-state index in [2.05, 4.69) is 9.98 Å². The van der Waals surface area contributed by atoms with Crippen LogP contribution in [0.3, 0.4) is 0 Å². The number of aromatic hydroxyl groups is 1. The highest BCUT2D eigenvalue weighted by molar-refractivity contribution is 6.00. The van der Waals surface area contributed by atoms with Gasteiger partial charge in [-0.3, -0.25) is 10.4 Å². The van der Waals surface area contributed by atoms with Gasteiger partial charge in [-0.25, -0.2) is 4.79 Å². The van der Waals surface area contributed by atoms with Gasteiger partial charge in [0.25, 0.3) is 11.8 Å². The van der Waals surface area contributed by atoms with Crippen molar-refractivity contribution in [3.63, 3.8) is 0 Å². The van der Waals surface area contributed by atoms with Gasteiger partial charge in [0.1, 0.15) is 17.4 Å². The first-order valence-corrected chi connectivity index (χ1v) is 12.7. The zero-order chi connectivity index (χ0) is 29.8. The quantitative estimate of drug-likeness (QED) is 0.192. The summed E-state index contributed by atoms with van der Waals surface area (Å²) < 4.78 is 47.9. The second kappa shape index (κ2) is 12.1. The predicted molar refractivity (Wildman–Crippen MR) is 145 cm³/mol. The lowest BCUT2D eigenvalue weighted by atomic mass is 10.0. The Morgan fingerprint density at radius 2 is 1.88 bits per heavy atom. The number of ether oxygens (including phenoxy) is 3. The number of aliphatic imine (C=N–C) groups is 1. The maximum Gasteiger partial charge on any atom is 0.345 e. The molecule has 216 valence electrons. The third kappa shape index (κ3) is 6.29. The number of halogens is 2. The van der Waals surface area contributed by atoms with E-state index in [0.29, 0.717) is 24.4 Å². The van der Waals surface area contributed by atoms with Crippen molar-refractivity contribution in [2.45, 2.75) is 26.4 Å². The molecule has 0 radical (unpaired) electrons. The first kappa shape index (κ1) is 29.1. The van der Waals surface area contributed by atoms with E-state index in [1.165, 1.54) is 18.2 Å². The van der Waals surface area contributed by atoms with Crippen LogP contribution in [-0.2, 0) is 4.79 Å². The van der Waals surface area contributed by atoms with Gasteiger partial charge in [0.15, 0.2) is 17.6 Å². The number of hydrogen-bond donors (Lipinski definition) is 4. The van der Waals surface area contributed by atoms with Crippen LogP contribution in [0.25, 0.3) is 0 Å². The number of carbonyl (C=O) groups is 1. The Hall–Kier alpha value is -4.94. The normalized spacial score (nSPS) is 14.3. The smallest absolute Gasteiger partial charge is 0.345 e. The molecule has 2 aromatic carbocycles. The first-order valence-electron chi connectivity index (χ1n) is 12.7. The number of nitrogens with zero attached hydrogens (tertiary/aromatic N) is 3. The topological polar surface area (TPSA) is 164 Å². The van der Waals surface area contributed by atoms with E-state index in [0.717, 1.165) is 12.6 Å². The minimum Gasteiger partial charge on any atom is -0.504 e. The number of likely N-dealkylation sites (N-methyl/N-ethyl adjacent to an activating group) is 1. The van der Waals surface area contributed by atoms with Crippen LogP contribution in [0.1, 0.15) is 31.4 Å². The average Bonchev–Trinajstić information content (AvgIpc) is 3.37. The minimum atomic E-state index is -1.61. The summed E-state index contributed by atoms with van der Waals surface area (Å²) in [7, 11) is 1.88. The molecule has 4 rings (SSSR count). The van der Waals surface area contributed by atoms with E-state index in [9.17, 15) is 15.0 Å². The second-order valence-electron chi connectivity index (χ2n) is 9.40. The number of amidine groups is 2. The van der Waals surface area contributed by atoms with Crippen LogP contribution in [0.2, 0.25) is 0 Å². The highest BCUT2D eigenvalue weighted by atomic mass is 19.1. The Kier molecular flexibility index (Phi) is 8.55. The van der Waals surface area contributed by atoms with Gasteiger partial charge in [-0.2, -0.15) is 13.8 Å². The SMILES string of the molecule is CCC(C)C(Oc1c(F)c(Oc2cccc(C3=NCCN3C)c2)nc(Oc2cc(C(=N)N)ccc2O)c1F)C(=O)O. The molecule has 2 atom stereocenters. The number of carboxylic acid groups (broad SMARTS) is 1. The molecule has 1 aromatic heterocycles. The molecule has 0 spiro atoms. The number of benzene rings is 2. The summed E-state index contributed by atoms with van der Waals surface area (Å²) in [4.78, 5) is 22.1. The number of aliphatic carboxylic acids is 1. The van der Waals surface area contributed by atoms with E-state index in [4.69, 9.17) is 25.4 Å². The van der Waals surface area contributed by atoms with Crippen molar-refractivity contribution in [3.8, 4) is 34.8 Å². The monoisotopic (exact) mass is 569 g/mol. The van der Waals surface area contributed by atoms with Gasteiger partial charge < -0.3 is 35.1 Å². The molecular weight excluding hydrogens is 540 g/mol. The van der Waals surface area contributed by atoms with Crippen molar-refractivity contribution in [2.24, 2.45) is 16.6 Å². The molecule has 0 amide bonds. The summed E-state index contributed by atoms with van der Waals surface area (Å²) in [6.45, 7) is 4.61. The van der Waals surface area contributed by atoms with Gasteiger partial charge in [0.2, 0.25) is 17.4 Å². The van der Waals surface area contributed by atoms with Crippen LogP contribution in [0.5, 0.6) is 34.8 Å². The van der Waals surface area contributed by atoms with Crippen molar-refractivity contribution in [3.05, 3.63) is 65.2 Å². The molecule has 2 unspecified atom stereocenters. The first-order chi connectivity index (χ1) is 19.5.